The van der Waals surface area contributed by atoms with Crippen LogP contribution in [0.2, 0.25) is 5.02 Å². The van der Waals surface area contributed by atoms with Gasteiger partial charge in [-0.3, -0.25) is 0 Å². The molecule has 1 unspecified atom stereocenters. The molecule has 13 heavy (non-hydrogen) atoms. The standard InChI is InChI=1S/C9H7ClINO/c10-7-3-1-2-6(4-7)8-5-9(11)13-12-8/h1-4,9H,5H2. The zero-order chi connectivity index (χ0) is 9.26. The molecule has 1 aliphatic heterocycles. The molecule has 1 aromatic carbocycles. The van der Waals surface area contributed by atoms with Crippen molar-refractivity contribution < 1.29 is 4.84 Å². The normalized spacial score (nSPS) is 21.1. The molecular formula is C9H7ClINO. The molecule has 2 nitrogen and oxygen atoms in total. The van der Waals surface area contributed by atoms with Crippen molar-refractivity contribution >= 4 is 39.9 Å². The lowest BCUT2D eigenvalue weighted by molar-refractivity contribution is 0.159. The highest BCUT2D eigenvalue weighted by Gasteiger charge is 2.18. The van der Waals surface area contributed by atoms with Crippen LogP contribution in [0.15, 0.2) is 29.4 Å². The molecule has 0 amide bonds. The maximum absolute atomic E-state index is 5.86. The topological polar surface area (TPSA) is 21.6 Å². The lowest BCUT2D eigenvalue weighted by Crippen LogP contribution is -2.00. The molecule has 1 heterocycles. The second kappa shape index (κ2) is 3.84. The van der Waals surface area contributed by atoms with Crippen LogP contribution >= 0.6 is 34.2 Å². The van der Waals surface area contributed by atoms with Gasteiger partial charge in [-0.05, 0) is 34.7 Å². The van der Waals surface area contributed by atoms with Gasteiger partial charge in [-0.25, -0.2) is 0 Å². The molecule has 1 atom stereocenters. The van der Waals surface area contributed by atoms with Gasteiger partial charge in [0.05, 0.1) is 5.71 Å². The van der Waals surface area contributed by atoms with Gasteiger partial charge in [0.2, 0.25) is 0 Å². The van der Waals surface area contributed by atoms with Crippen LogP contribution < -0.4 is 0 Å². The molecule has 0 radical (unpaired) electrons. The fourth-order valence-electron chi connectivity index (χ4n) is 1.19. The van der Waals surface area contributed by atoms with Crippen LogP contribution in [-0.2, 0) is 4.84 Å². The van der Waals surface area contributed by atoms with Crippen molar-refractivity contribution in [2.24, 2.45) is 5.16 Å². The number of benzene rings is 1. The monoisotopic (exact) mass is 307 g/mol. The van der Waals surface area contributed by atoms with Gasteiger partial charge in [-0.1, -0.05) is 28.9 Å². The van der Waals surface area contributed by atoms with E-state index in [-0.39, 0.29) is 4.11 Å². The highest BCUT2D eigenvalue weighted by Crippen LogP contribution is 2.22. The van der Waals surface area contributed by atoms with E-state index in [1.165, 1.54) is 0 Å². The van der Waals surface area contributed by atoms with E-state index in [0.29, 0.717) is 0 Å². The first-order chi connectivity index (χ1) is 6.25. The van der Waals surface area contributed by atoms with E-state index in [1.807, 2.05) is 24.3 Å². The van der Waals surface area contributed by atoms with E-state index in [9.17, 15) is 0 Å². The number of hydrogen-bond donors (Lipinski definition) is 0. The average Bonchev–Trinajstić information content (AvgIpc) is 2.52. The van der Waals surface area contributed by atoms with Crippen molar-refractivity contribution in [3.63, 3.8) is 0 Å². The first-order valence-electron chi connectivity index (χ1n) is 3.88. The molecule has 0 spiro atoms. The summed E-state index contributed by atoms with van der Waals surface area (Å²) in [4.78, 5) is 5.09. The molecular weight excluding hydrogens is 300 g/mol. The molecule has 1 aliphatic rings. The van der Waals surface area contributed by atoms with Gasteiger partial charge >= 0.3 is 0 Å². The Hall–Kier alpha value is -0.290. The number of halogens is 2. The summed E-state index contributed by atoms with van der Waals surface area (Å²) in [6.45, 7) is 0. The average molecular weight is 308 g/mol. The van der Waals surface area contributed by atoms with Gasteiger partial charge in [-0.2, -0.15) is 0 Å². The predicted molar refractivity (Wildman–Crippen MR) is 61.5 cm³/mol. The number of alkyl halides is 1. The fraction of sp³-hybridized carbons (Fsp3) is 0.222. The molecule has 68 valence electrons. The second-order valence-corrected chi connectivity index (χ2v) is 4.59. The maximum atomic E-state index is 5.86. The highest BCUT2D eigenvalue weighted by atomic mass is 127. The molecule has 0 bridgehead atoms. The summed E-state index contributed by atoms with van der Waals surface area (Å²) in [6, 6.07) is 7.66. The van der Waals surface area contributed by atoms with Crippen molar-refractivity contribution in [1.29, 1.82) is 0 Å². The first kappa shape index (κ1) is 9.27. The van der Waals surface area contributed by atoms with E-state index >= 15 is 0 Å². The van der Waals surface area contributed by atoms with Crippen molar-refractivity contribution in [2.75, 3.05) is 0 Å². The smallest absolute Gasteiger partial charge is 0.183 e. The van der Waals surface area contributed by atoms with Crippen LogP contribution in [0.1, 0.15) is 12.0 Å². The minimum atomic E-state index is 0.159. The van der Waals surface area contributed by atoms with Crippen molar-refractivity contribution in [2.45, 2.75) is 10.5 Å². The lowest BCUT2D eigenvalue weighted by atomic mass is 10.1. The molecule has 0 fully saturated rings. The van der Waals surface area contributed by atoms with E-state index in [2.05, 4.69) is 27.7 Å². The largest absolute Gasteiger partial charge is 0.381 e. The number of hydrogen-bond acceptors (Lipinski definition) is 2. The number of nitrogens with zero attached hydrogens (tertiary/aromatic N) is 1. The lowest BCUT2D eigenvalue weighted by Gasteiger charge is -1.98. The van der Waals surface area contributed by atoms with Crippen LogP contribution in [0.3, 0.4) is 0 Å². The van der Waals surface area contributed by atoms with E-state index in [4.69, 9.17) is 16.4 Å². The van der Waals surface area contributed by atoms with Crippen LogP contribution in [-0.4, -0.2) is 9.82 Å². The highest BCUT2D eigenvalue weighted by molar-refractivity contribution is 14.1. The van der Waals surface area contributed by atoms with Crippen LogP contribution in [0, 0.1) is 0 Å². The van der Waals surface area contributed by atoms with E-state index in [0.717, 1.165) is 22.7 Å². The Labute approximate surface area is 95.0 Å². The zero-order valence-electron chi connectivity index (χ0n) is 6.71. The summed E-state index contributed by atoms with van der Waals surface area (Å²) in [7, 11) is 0. The summed E-state index contributed by atoms with van der Waals surface area (Å²) >= 11 is 8.07. The Balaban J connectivity index is 2.26. The van der Waals surface area contributed by atoms with Crippen molar-refractivity contribution in [1.82, 2.24) is 0 Å². The quantitative estimate of drug-likeness (QED) is 0.576. The van der Waals surface area contributed by atoms with Gasteiger partial charge in [-0.15, -0.1) is 0 Å². The Morgan fingerprint density at radius 2 is 2.38 bits per heavy atom. The minimum absolute atomic E-state index is 0.159. The van der Waals surface area contributed by atoms with Crippen LogP contribution in [0.25, 0.3) is 0 Å². The Kier molecular flexibility index (Phi) is 2.74. The van der Waals surface area contributed by atoms with Gasteiger partial charge in [0.1, 0.15) is 0 Å². The van der Waals surface area contributed by atoms with Gasteiger partial charge in [0, 0.05) is 17.0 Å². The Bertz CT molecular complexity index is 353. The summed E-state index contributed by atoms with van der Waals surface area (Å²) in [5.74, 6) is 0. The Morgan fingerprint density at radius 3 is 3.00 bits per heavy atom. The van der Waals surface area contributed by atoms with Crippen molar-refractivity contribution in [3.8, 4) is 0 Å². The van der Waals surface area contributed by atoms with Crippen molar-refractivity contribution in [3.05, 3.63) is 34.9 Å². The fourth-order valence-corrected chi connectivity index (χ4v) is 1.91. The van der Waals surface area contributed by atoms with Crippen LogP contribution in [0.4, 0.5) is 0 Å². The van der Waals surface area contributed by atoms with E-state index in [1.54, 1.807) is 0 Å². The third-order valence-electron chi connectivity index (χ3n) is 1.79. The third-order valence-corrected chi connectivity index (χ3v) is 2.69. The molecule has 2 rings (SSSR count). The second-order valence-electron chi connectivity index (χ2n) is 2.77. The SMILES string of the molecule is Clc1cccc(C2=NOC(I)C2)c1. The summed E-state index contributed by atoms with van der Waals surface area (Å²) in [6.07, 6.45) is 0.848. The summed E-state index contributed by atoms with van der Waals surface area (Å²) < 4.78 is 0.159. The van der Waals surface area contributed by atoms with Gasteiger partial charge in [0.15, 0.2) is 4.11 Å². The summed E-state index contributed by atoms with van der Waals surface area (Å²) in [5.41, 5.74) is 2.02. The molecule has 4 heteroatoms. The molecule has 0 saturated heterocycles. The number of oxime groups is 1. The third kappa shape index (κ3) is 2.14. The molecule has 0 aliphatic carbocycles. The van der Waals surface area contributed by atoms with E-state index < -0.39 is 0 Å². The molecule has 0 saturated carbocycles. The molecule has 0 N–H and O–H groups in total. The molecule has 0 aromatic heterocycles. The number of rotatable bonds is 1. The minimum Gasteiger partial charge on any atom is -0.381 e. The van der Waals surface area contributed by atoms with Crippen LogP contribution in [0.5, 0.6) is 0 Å². The Morgan fingerprint density at radius 1 is 1.54 bits per heavy atom. The van der Waals surface area contributed by atoms with Gasteiger partial charge < -0.3 is 4.84 Å². The van der Waals surface area contributed by atoms with Gasteiger partial charge in [0.25, 0.3) is 0 Å². The zero-order valence-corrected chi connectivity index (χ0v) is 9.62. The maximum Gasteiger partial charge on any atom is 0.183 e. The molecule has 1 aromatic rings. The first-order valence-corrected chi connectivity index (χ1v) is 5.51. The summed E-state index contributed by atoms with van der Waals surface area (Å²) in [5, 5.41) is 4.71. The predicted octanol–water partition coefficient (Wildman–Crippen LogP) is 3.23.